The molecule has 4 aliphatic heterocycles. The highest BCUT2D eigenvalue weighted by Crippen LogP contribution is 2.41. The number of anilines is 2. The van der Waals surface area contributed by atoms with Crippen molar-refractivity contribution in [2.45, 2.75) is 26.2 Å². The molecule has 0 saturated carbocycles. The van der Waals surface area contributed by atoms with Crippen LogP contribution in [-0.4, -0.2) is 102 Å². The second-order valence-corrected chi connectivity index (χ2v) is 16.1. The zero-order valence-corrected chi connectivity index (χ0v) is 34.3. The zero-order valence-electron chi connectivity index (χ0n) is 32.7. The lowest BCUT2D eigenvalue weighted by Gasteiger charge is -2.37. The number of fused-ring (bicyclic) bond motifs is 4. The summed E-state index contributed by atoms with van der Waals surface area (Å²) < 4.78 is 35.7. The molecule has 0 N–H and O–H groups in total. The molecular weight excluding hydrogens is 784 g/mol. The average molecular weight is 836 g/mol. The van der Waals surface area contributed by atoms with Crippen LogP contribution in [0.3, 0.4) is 0 Å². The summed E-state index contributed by atoms with van der Waals surface area (Å²) in [7, 11) is 0. The van der Waals surface area contributed by atoms with E-state index < -0.39 is 0 Å². The minimum atomic E-state index is 0.624. The van der Waals surface area contributed by atoms with E-state index in [1.807, 2.05) is 30.7 Å². The standard InChI is InChI=1S/C24H28N2O3.C22H23BrN2O3/c1-18-5-2-8-21-23(18)19(17-29-21)6-4-10-25-11-13-26(14-12-25)20-7-3-9-22-24(20)28-16-15-27-22;23-17-4-5-18-16(15-28-21(18)14-17)6-7-24-8-10-25(11-9-24)19-2-1-3-20-22(19)27-13-12-26-20/h2-3,5,7-9,17H,4,6,10-16H2,1H3;1-5,14-15H,6-13H2. The van der Waals surface area contributed by atoms with Crippen molar-refractivity contribution >= 4 is 49.2 Å². The summed E-state index contributed by atoms with van der Waals surface area (Å²) in [6.07, 6.45) is 7.07. The number of rotatable bonds is 9. The Labute approximate surface area is 342 Å². The number of ether oxygens (including phenoxy) is 4. The Morgan fingerprint density at radius 1 is 0.561 bits per heavy atom. The molecule has 0 bridgehead atoms. The highest BCUT2D eigenvalue weighted by Gasteiger charge is 2.25. The molecule has 298 valence electrons. The van der Waals surface area contributed by atoms with Gasteiger partial charge in [-0.05, 0) is 98.0 Å². The first-order valence-electron chi connectivity index (χ1n) is 20.4. The minimum absolute atomic E-state index is 0.624. The van der Waals surface area contributed by atoms with Crippen molar-refractivity contribution in [3.05, 3.63) is 106 Å². The van der Waals surface area contributed by atoms with Gasteiger partial charge in [-0.25, -0.2) is 0 Å². The monoisotopic (exact) mass is 834 g/mol. The molecule has 0 amide bonds. The van der Waals surface area contributed by atoms with Crippen LogP contribution in [0.1, 0.15) is 23.1 Å². The van der Waals surface area contributed by atoms with Crippen molar-refractivity contribution in [1.29, 1.82) is 0 Å². The van der Waals surface area contributed by atoms with Crippen LogP contribution in [-0.2, 0) is 12.8 Å². The summed E-state index contributed by atoms with van der Waals surface area (Å²) in [5.74, 6) is 3.55. The molecule has 0 atom stereocenters. The summed E-state index contributed by atoms with van der Waals surface area (Å²) in [6.45, 7) is 15.1. The summed E-state index contributed by atoms with van der Waals surface area (Å²) in [5, 5.41) is 2.52. The topological polar surface area (TPSA) is 76.2 Å². The summed E-state index contributed by atoms with van der Waals surface area (Å²) in [4.78, 5) is 9.94. The van der Waals surface area contributed by atoms with Gasteiger partial charge in [-0.15, -0.1) is 0 Å². The average Bonchev–Trinajstić information content (AvgIpc) is 3.87. The van der Waals surface area contributed by atoms with Crippen molar-refractivity contribution in [2.75, 3.05) is 102 Å². The van der Waals surface area contributed by atoms with Gasteiger partial charge in [0.1, 0.15) is 37.6 Å². The van der Waals surface area contributed by atoms with Gasteiger partial charge < -0.3 is 37.6 Å². The highest BCUT2D eigenvalue weighted by atomic mass is 79.9. The number of aryl methyl sites for hydroxylation is 2. The second kappa shape index (κ2) is 17.3. The molecule has 57 heavy (non-hydrogen) atoms. The minimum Gasteiger partial charge on any atom is -0.486 e. The molecule has 2 saturated heterocycles. The number of furan rings is 2. The molecule has 0 spiro atoms. The number of piperazine rings is 2. The van der Waals surface area contributed by atoms with E-state index in [1.54, 1.807) is 0 Å². The van der Waals surface area contributed by atoms with Gasteiger partial charge in [-0.2, -0.15) is 0 Å². The Balaban J connectivity index is 0.000000148. The third kappa shape index (κ3) is 8.42. The Hall–Kier alpha value is -4.84. The molecule has 6 heterocycles. The van der Waals surface area contributed by atoms with Gasteiger partial charge in [0.15, 0.2) is 23.0 Å². The van der Waals surface area contributed by atoms with E-state index >= 15 is 0 Å². The van der Waals surface area contributed by atoms with E-state index in [-0.39, 0.29) is 0 Å². The zero-order chi connectivity index (χ0) is 38.6. The summed E-state index contributed by atoms with van der Waals surface area (Å²) in [5.41, 5.74) is 8.20. The predicted molar refractivity (Wildman–Crippen MR) is 229 cm³/mol. The van der Waals surface area contributed by atoms with E-state index in [9.17, 15) is 0 Å². The van der Waals surface area contributed by atoms with Crippen molar-refractivity contribution in [1.82, 2.24) is 9.80 Å². The van der Waals surface area contributed by atoms with Crippen LogP contribution in [0.25, 0.3) is 21.9 Å². The molecule has 0 radical (unpaired) electrons. The maximum absolute atomic E-state index is 5.90. The van der Waals surface area contributed by atoms with Crippen LogP contribution >= 0.6 is 15.9 Å². The first-order valence-corrected chi connectivity index (χ1v) is 21.2. The fourth-order valence-electron chi connectivity index (χ4n) is 8.59. The van der Waals surface area contributed by atoms with E-state index in [2.05, 4.69) is 97.1 Å². The lowest BCUT2D eigenvalue weighted by molar-refractivity contribution is 0.171. The van der Waals surface area contributed by atoms with Crippen LogP contribution in [0, 0.1) is 6.92 Å². The Kier molecular flexibility index (Phi) is 11.5. The van der Waals surface area contributed by atoms with Crippen molar-refractivity contribution in [2.24, 2.45) is 0 Å². The van der Waals surface area contributed by atoms with Gasteiger partial charge in [0, 0.05) is 74.1 Å². The Morgan fingerprint density at radius 3 is 1.81 bits per heavy atom. The molecule has 11 heteroatoms. The van der Waals surface area contributed by atoms with Gasteiger partial charge in [-0.1, -0.05) is 40.2 Å². The maximum Gasteiger partial charge on any atom is 0.184 e. The van der Waals surface area contributed by atoms with Gasteiger partial charge in [0.05, 0.1) is 23.9 Å². The molecule has 4 aliphatic rings. The number of hydrogen-bond donors (Lipinski definition) is 0. The largest absolute Gasteiger partial charge is 0.486 e. The van der Waals surface area contributed by atoms with Crippen LogP contribution in [0.5, 0.6) is 23.0 Å². The van der Waals surface area contributed by atoms with Crippen LogP contribution < -0.4 is 28.7 Å². The normalized spacial score (nSPS) is 17.2. The first kappa shape index (κ1) is 37.7. The van der Waals surface area contributed by atoms with Gasteiger partial charge in [-0.3, -0.25) is 9.80 Å². The summed E-state index contributed by atoms with van der Waals surface area (Å²) in [6, 6.07) is 24.9. The molecule has 2 fully saturated rings. The van der Waals surface area contributed by atoms with E-state index in [0.29, 0.717) is 26.4 Å². The smallest absolute Gasteiger partial charge is 0.184 e. The van der Waals surface area contributed by atoms with Crippen molar-refractivity contribution in [3.63, 3.8) is 0 Å². The fourth-order valence-corrected chi connectivity index (χ4v) is 8.93. The maximum atomic E-state index is 5.90. The fraction of sp³-hybridized carbons (Fsp3) is 0.391. The number of hydrogen-bond acceptors (Lipinski definition) is 10. The van der Waals surface area contributed by atoms with Crippen LogP contribution in [0.4, 0.5) is 11.4 Å². The van der Waals surface area contributed by atoms with Crippen molar-refractivity contribution in [3.8, 4) is 23.0 Å². The molecule has 0 aliphatic carbocycles. The third-order valence-electron chi connectivity index (χ3n) is 11.6. The summed E-state index contributed by atoms with van der Waals surface area (Å²) >= 11 is 3.50. The lowest BCUT2D eigenvalue weighted by atomic mass is 10.0. The van der Waals surface area contributed by atoms with Gasteiger partial charge >= 0.3 is 0 Å². The van der Waals surface area contributed by atoms with E-state index in [0.717, 1.165) is 129 Å². The van der Waals surface area contributed by atoms with Crippen LogP contribution in [0.2, 0.25) is 0 Å². The molecule has 6 aromatic rings. The van der Waals surface area contributed by atoms with E-state index in [1.165, 1.54) is 33.2 Å². The Bertz CT molecular complexity index is 2290. The van der Waals surface area contributed by atoms with E-state index in [4.69, 9.17) is 27.8 Å². The second-order valence-electron chi connectivity index (χ2n) is 15.2. The molecule has 10 nitrogen and oxygen atoms in total. The van der Waals surface area contributed by atoms with Gasteiger partial charge in [0.25, 0.3) is 0 Å². The SMILES string of the molecule is Brc1ccc2c(CCN3CCN(c4cccc5c4OCCO5)CC3)coc2c1.Cc1cccc2occ(CCCN3CCN(c4cccc5c4OCCO5)CC3)c12. The first-order chi connectivity index (χ1) is 28.1. The number of halogens is 1. The van der Waals surface area contributed by atoms with Crippen LogP contribution in [0.15, 0.2) is 98.6 Å². The van der Waals surface area contributed by atoms with Crippen molar-refractivity contribution < 1.29 is 27.8 Å². The third-order valence-corrected chi connectivity index (χ3v) is 12.1. The lowest BCUT2D eigenvalue weighted by Crippen LogP contribution is -2.47. The number of benzene rings is 4. The Morgan fingerprint density at radius 2 is 1.14 bits per heavy atom. The number of para-hydroxylation sites is 2. The number of nitrogens with zero attached hydrogens (tertiary/aromatic N) is 4. The predicted octanol–water partition coefficient (Wildman–Crippen LogP) is 8.60. The quantitative estimate of drug-likeness (QED) is 0.141. The molecule has 0 unspecified atom stereocenters. The highest BCUT2D eigenvalue weighted by molar-refractivity contribution is 9.10. The molecular formula is C46H51BrN4O6. The molecule has 4 aromatic carbocycles. The molecule has 10 rings (SSSR count). The molecule has 2 aromatic heterocycles. The van der Waals surface area contributed by atoms with Gasteiger partial charge in [0.2, 0.25) is 0 Å².